The van der Waals surface area contributed by atoms with E-state index in [1.54, 1.807) is 7.05 Å². The van der Waals surface area contributed by atoms with Gasteiger partial charge in [-0.25, -0.2) is 4.72 Å². The molecule has 0 rings (SSSR count). The van der Waals surface area contributed by atoms with Crippen molar-refractivity contribution in [2.45, 2.75) is 26.2 Å². The molecular weight excluding hydrogens is 238 g/mol. The first kappa shape index (κ1) is 17.5. The van der Waals surface area contributed by atoms with Gasteiger partial charge in [0.05, 0.1) is 0 Å². The maximum Gasteiger partial charge on any atom is 0.279 e. The average molecular weight is 260 g/mol. The van der Waals surface area contributed by atoms with Crippen molar-refractivity contribution in [3.8, 4) is 0 Å². The van der Waals surface area contributed by atoms with Gasteiger partial charge in [-0.1, -0.05) is 6.92 Å². The molecule has 0 radical (unpaired) electrons. The Kier molecular flexibility index (Phi) is 10.9. The summed E-state index contributed by atoms with van der Waals surface area (Å²) < 4.78 is 26.8. The van der Waals surface area contributed by atoms with Crippen LogP contribution in [0.1, 0.15) is 26.2 Å². The van der Waals surface area contributed by atoms with Gasteiger partial charge in [0.1, 0.15) is 0 Å². The minimum absolute atomic E-state index is 0. The summed E-state index contributed by atoms with van der Waals surface area (Å²) >= 11 is 0. The average Bonchev–Trinajstić information content (AvgIpc) is 2.13. The summed E-state index contributed by atoms with van der Waals surface area (Å²) in [4.78, 5) is 0. The van der Waals surface area contributed by atoms with Crippen LogP contribution in [-0.4, -0.2) is 39.4 Å². The van der Waals surface area contributed by atoms with Crippen molar-refractivity contribution < 1.29 is 8.42 Å². The lowest BCUT2D eigenvalue weighted by atomic mass is 10.3. The number of halogens is 1. The summed E-state index contributed by atoms with van der Waals surface area (Å²) in [7, 11) is -1.68. The zero-order valence-corrected chi connectivity index (χ0v) is 11.0. The van der Waals surface area contributed by atoms with Crippen LogP contribution in [0, 0.1) is 0 Å². The lowest BCUT2D eigenvalue weighted by Gasteiger charge is -2.16. The maximum atomic E-state index is 11.5. The largest absolute Gasteiger partial charge is 0.330 e. The summed E-state index contributed by atoms with van der Waals surface area (Å²) in [5.74, 6) is 0. The van der Waals surface area contributed by atoms with Gasteiger partial charge in [0.2, 0.25) is 0 Å². The SMILES string of the molecule is CCCN(C)S(=O)(=O)NCCCCN.Cl. The Bertz CT molecular complexity index is 234. The van der Waals surface area contributed by atoms with Crippen molar-refractivity contribution in [3.05, 3.63) is 0 Å². The molecular formula is C8H22ClN3O2S. The number of hydrogen-bond acceptors (Lipinski definition) is 3. The number of unbranched alkanes of at least 4 members (excludes halogenated alkanes) is 1. The Morgan fingerprint density at radius 3 is 2.40 bits per heavy atom. The summed E-state index contributed by atoms with van der Waals surface area (Å²) in [6.45, 7) is 3.56. The van der Waals surface area contributed by atoms with Crippen LogP contribution in [0.4, 0.5) is 0 Å². The molecule has 0 aliphatic rings. The summed E-state index contributed by atoms with van der Waals surface area (Å²) in [5.41, 5.74) is 5.30. The molecule has 94 valence electrons. The van der Waals surface area contributed by atoms with Crippen LogP contribution >= 0.6 is 12.4 Å². The molecule has 0 heterocycles. The highest BCUT2D eigenvalue weighted by Crippen LogP contribution is 1.95. The Labute approximate surface area is 99.0 Å². The second kappa shape index (κ2) is 9.35. The van der Waals surface area contributed by atoms with Gasteiger partial charge in [-0.2, -0.15) is 12.7 Å². The van der Waals surface area contributed by atoms with Crippen molar-refractivity contribution in [1.82, 2.24) is 9.03 Å². The fourth-order valence-corrected chi connectivity index (χ4v) is 2.06. The highest BCUT2D eigenvalue weighted by Gasteiger charge is 2.14. The van der Waals surface area contributed by atoms with Crippen LogP contribution in [0.3, 0.4) is 0 Å². The molecule has 0 saturated heterocycles. The zero-order valence-electron chi connectivity index (χ0n) is 9.40. The fraction of sp³-hybridized carbons (Fsp3) is 1.00. The van der Waals surface area contributed by atoms with E-state index < -0.39 is 10.2 Å². The molecule has 0 aromatic heterocycles. The van der Waals surface area contributed by atoms with Gasteiger partial charge in [-0.3, -0.25) is 0 Å². The normalized spacial score (nSPS) is 11.5. The summed E-state index contributed by atoms with van der Waals surface area (Å²) in [6, 6.07) is 0. The third kappa shape index (κ3) is 7.98. The molecule has 0 unspecified atom stereocenters. The van der Waals surface area contributed by atoms with Gasteiger partial charge < -0.3 is 5.73 Å². The van der Waals surface area contributed by atoms with Gasteiger partial charge in [-0.05, 0) is 25.8 Å². The maximum absolute atomic E-state index is 11.5. The van der Waals surface area contributed by atoms with Gasteiger partial charge >= 0.3 is 0 Å². The molecule has 0 spiro atoms. The van der Waals surface area contributed by atoms with E-state index in [-0.39, 0.29) is 12.4 Å². The Hall–Kier alpha value is 0.120. The molecule has 7 heteroatoms. The molecule has 0 atom stereocenters. The summed E-state index contributed by atoms with van der Waals surface area (Å²) in [5, 5.41) is 0. The second-order valence-corrected chi connectivity index (χ2v) is 5.08. The van der Waals surface area contributed by atoms with E-state index in [1.165, 1.54) is 4.31 Å². The van der Waals surface area contributed by atoms with E-state index in [9.17, 15) is 8.42 Å². The smallest absolute Gasteiger partial charge is 0.279 e. The van der Waals surface area contributed by atoms with E-state index in [0.29, 0.717) is 19.6 Å². The molecule has 0 saturated carbocycles. The Morgan fingerprint density at radius 1 is 1.33 bits per heavy atom. The molecule has 0 aromatic carbocycles. The number of nitrogens with zero attached hydrogens (tertiary/aromatic N) is 1. The lowest BCUT2D eigenvalue weighted by Crippen LogP contribution is -2.39. The molecule has 0 aliphatic heterocycles. The van der Waals surface area contributed by atoms with E-state index in [2.05, 4.69) is 4.72 Å². The van der Waals surface area contributed by atoms with E-state index in [4.69, 9.17) is 5.73 Å². The first-order chi connectivity index (χ1) is 6.54. The molecule has 0 aliphatic carbocycles. The van der Waals surface area contributed by atoms with Gasteiger partial charge in [0, 0.05) is 20.1 Å². The highest BCUT2D eigenvalue weighted by atomic mass is 35.5. The number of hydrogen-bond donors (Lipinski definition) is 2. The van der Waals surface area contributed by atoms with Crippen LogP contribution in [0.2, 0.25) is 0 Å². The predicted molar refractivity (Wildman–Crippen MR) is 65.4 cm³/mol. The van der Waals surface area contributed by atoms with Crippen LogP contribution in [0.15, 0.2) is 0 Å². The van der Waals surface area contributed by atoms with Crippen LogP contribution in [0.25, 0.3) is 0 Å². The van der Waals surface area contributed by atoms with Crippen LogP contribution in [0.5, 0.6) is 0 Å². The van der Waals surface area contributed by atoms with E-state index in [0.717, 1.165) is 19.3 Å². The molecule has 15 heavy (non-hydrogen) atoms. The molecule has 0 fully saturated rings. The van der Waals surface area contributed by atoms with Gasteiger partial charge in [0.25, 0.3) is 10.2 Å². The standard InChI is InChI=1S/C8H21N3O2S.ClH/c1-3-8-11(2)14(12,13)10-7-5-4-6-9;/h10H,3-9H2,1-2H3;1H. The zero-order chi connectivity index (χ0) is 11.0. The van der Waals surface area contributed by atoms with Gasteiger partial charge in [0.15, 0.2) is 0 Å². The van der Waals surface area contributed by atoms with E-state index >= 15 is 0 Å². The number of rotatable bonds is 8. The van der Waals surface area contributed by atoms with E-state index in [1.807, 2.05) is 6.92 Å². The fourth-order valence-electron chi connectivity index (χ4n) is 1.02. The minimum atomic E-state index is -3.26. The highest BCUT2D eigenvalue weighted by molar-refractivity contribution is 7.87. The first-order valence-electron chi connectivity index (χ1n) is 4.95. The molecule has 0 bridgehead atoms. The Morgan fingerprint density at radius 2 is 1.93 bits per heavy atom. The number of nitrogens with one attached hydrogen (secondary N) is 1. The van der Waals surface area contributed by atoms with Crippen LogP contribution in [-0.2, 0) is 10.2 Å². The summed E-state index contributed by atoms with van der Waals surface area (Å²) in [6.07, 6.45) is 2.45. The molecule has 5 nitrogen and oxygen atoms in total. The molecule has 0 aromatic rings. The Balaban J connectivity index is 0. The minimum Gasteiger partial charge on any atom is -0.330 e. The van der Waals surface area contributed by atoms with Gasteiger partial charge in [-0.15, -0.1) is 12.4 Å². The second-order valence-electron chi connectivity index (χ2n) is 3.22. The van der Waals surface area contributed by atoms with Crippen molar-refractivity contribution in [2.75, 3.05) is 26.7 Å². The predicted octanol–water partition coefficient (Wildman–Crippen LogP) is 0.323. The third-order valence-electron chi connectivity index (χ3n) is 1.86. The number of nitrogens with two attached hydrogens (primary N) is 1. The topological polar surface area (TPSA) is 75.4 Å². The monoisotopic (exact) mass is 259 g/mol. The first-order valence-corrected chi connectivity index (χ1v) is 6.39. The molecule has 0 amide bonds. The third-order valence-corrected chi connectivity index (χ3v) is 3.44. The van der Waals surface area contributed by atoms with Crippen molar-refractivity contribution in [1.29, 1.82) is 0 Å². The quantitative estimate of drug-likeness (QED) is 0.617. The van der Waals surface area contributed by atoms with Crippen molar-refractivity contribution in [2.24, 2.45) is 5.73 Å². The lowest BCUT2D eigenvalue weighted by molar-refractivity contribution is 0.456. The van der Waals surface area contributed by atoms with Crippen molar-refractivity contribution >= 4 is 22.6 Å². The molecule has 3 N–H and O–H groups in total. The van der Waals surface area contributed by atoms with Crippen LogP contribution < -0.4 is 10.5 Å². The van der Waals surface area contributed by atoms with Crippen molar-refractivity contribution in [3.63, 3.8) is 0 Å².